The van der Waals surface area contributed by atoms with Crippen molar-refractivity contribution >= 4 is 17.3 Å². The minimum absolute atomic E-state index is 0.0594. The maximum absolute atomic E-state index is 6.34. The number of imidazole rings is 1. The molecule has 0 aliphatic rings. The van der Waals surface area contributed by atoms with Crippen LogP contribution in [-0.2, 0) is 13.0 Å². The Morgan fingerprint density at radius 2 is 1.75 bits per heavy atom. The molecule has 28 heavy (non-hydrogen) atoms. The number of aryl methyl sites for hydroxylation is 1. The van der Waals surface area contributed by atoms with Gasteiger partial charge >= 0.3 is 0 Å². The van der Waals surface area contributed by atoms with Crippen LogP contribution in [0.3, 0.4) is 0 Å². The Hall–Kier alpha value is -2.46. The fourth-order valence-electron chi connectivity index (χ4n) is 3.31. The Balaban J connectivity index is 1.66. The summed E-state index contributed by atoms with van der Waals surface area (Å²) in [6.45, 7) is 7.12. The van der Waals surface area contributed by atoms with Gasteiger partial charge in [0.2, 0.25) is 0 Å². The van der Waals surface area contributed by atoms with Crippen molar-refractivity contribution in [3.63, 3.8) is 0 Å². The second-order valence-electron chi connectivity index (χ2n) is 6.83. The third-order valence-corrected chi connectivity index (χ3v) is 5.16. The highest BCUT2D eigenvalue weighted by Crippen LogP contribution is 2.22. The molecule has 0 saturated carbocycles. The Labute approximate surface area is 172 Å². The van der Waals surface area contributed by atoms with Crippen molar-refractivity contribution in [1.29, 1.82) is 0 Å². The molecule has 0 saturated heterocycles. The largest absolute Gasteiger partial charge is 0.489 e. The molecule has 0 bridgehead atoms. The molecule has 2 aromatic carbocycles. The van der Waals surface area contributed by atoms with E-state index in [1.807, 2.05) is 24.7 Å². The second-order valence-corrected chi connectivity index (χ2v) is 7.27. The SMILES string of the molecule is CCN(CC)c1ccc(OC(CCc2ccc(Cl)cc2)Cn2ccnc2)cc1. The van der Waals surface area contributed by atoms with Crippen molar-refractivity contribution in [2.45, 2.75) is 39.3 Å². The van der Waals surface area contributed by atoms with Crippen molar-refractivity contribution in [3.8, 4) is 5.75 Å². The van der Waals surface area contributed by atoms with Crippen LogP contribution in [0.1, 0.15) is 25.8 Å². The lowest BCUT2D eigenvalue weighted by Crippen LogP contribution is -2.24. The van der Waals surface area contributed by atoms with Gasteiger partial charge in [-0.25, -0.2) is 4.98 Å². The van der Waals surface area contributed by atoms with Gasteiger partial charge in [-0.2, -0.15) is 0 Å². The van der Waals surface area contributed by atoms with E-state index in [9.17, 15) is 0 Å². The van der Waals surface area contributed by atoms with Gasteiger partial charge in [0.25, 0.3) is 0 Å². The van der Waals surface area contributed by atoms with E-state index in [-0.39, 0.29) is 6.10 Å². The molecule has 1 unspecified atom stereocenters. The van der Waals surface area contributed by atoms with E-state index in [1.165, 1.54) is 11.3 Å². The number of rotatable bonds is 10. The van der Waals surface area contributed by atoms with Gasteiger partial charge in [-0.1, -0.05) is 23.7 Å². The molecule has 3 aromatic rings. The molecule has 1 atom stereocenters. The van der Waals surface area contributed by atoms with Crippen molar-refractivity contribution in [1.82, 2.24) is 9.55 Å². The Bertz CT molecular complexity index is 812. The van der Waals surface area contributed by atoms with Crippen LogP contribution in [-0.4, -0.2) is 28.7 Å². The van der Waals surface area contributed by atoms with E-state index < -0.39 is 0 Å². The molecule has 0 N–H and O–H groups in total. The van der Waals surface area contributed by atoms with Gasteiger partial charge in [-0.05, 0) is 68.7 Å². The molecule has 1 aromatic heterocycles. The summed E-state index contributed by atoms with van der Waals surface area (Å²) in [6, 6.07) is 16.4. The first-order valence-electron chi connectivity index (χ1n) is 9.89. The lowest BCUT2D eigenvalue weighted by Gasteiger charge is -2.23. The van der Waals surface area contributed by atoms with Gasteiger partial charge in [0, 0.05) is 36.2 Å². The van der Waals surface area contributed by atoms with E-state index in [0.29, 0.717) is 0 Å². The molecule has 0 amide bonds. The first kappa shape index (κ1) is 20.3. The standard InChI is InChI=1S/C23H28ClN3O/c1-3-27(4-2)21-10-13-22(14-11-21)28-23(17-26-16-15-25-18-26)12-7-19-5-8-20(24)9-6-19/h5-6,8-11,13-16,18,23H,3-4,7,12,17H2,1-2H3. The second kappa shape index (κ2) is 10.2. The van der Waals surface area contributed by atoms with Crippen LogP contribution >= 0.6 is 11.6 Å². The van der Waals surface area contributed by atoms with E-state index in [4.69, 9.17) is 16.3 Å². The van der Waals surface area contributed by atoms with Crippen LogP contribution in [0.5, 0.6) is 5.75 Å². The number of halogens is 1. The van der Waals surface area contributed by atoms with Crippen molar-refractivity contribution in [2.24, 2.45) is 0 Å². The fraction of sp³-hybridized carbons (Fsp3) is 0.348. The van der Waals surface area contributed by atoms with Gasteiger partial charge in [0.05, 0.1) is 12.9 Å². The normalized spacial score (nSPS) is 12.0. The van der Waals surface area contributed by atoms with Gasteiger partial charge in [-0.15, -0.1) is 0 Å². The third kappa shape index (κ3) is 5.77. The van der Waals surface area contributed by atoms with Crippen LogP contribution < -0.4 is 9.64 Å². The average molecular weight is 398 g/mol. The van der Waals surface area contributed by atoms with Crippen LogP contribution in [0.15, 0.2) is 67.3 Å². The highest BCUT2D eigenvalue weighted by Gasteiger charge is 2.13. The number of hydrogen-bond donors (Lipinski definition) is 0. The van der Waals surface area contributed by atoms with Crippen LogP contribution in [0, 0.1) is 0 Å². The number of anilines is 1. The van der Waals surface area contributed by atoms with E-state index in [2.05, 4.69) is 64.7 Å². The van der Waals surface area contributed by atoms with Crippen molar-refractivity contribution in [3.05, 3.63) is 77.8 Å². The zero-order valence-electron chi connectivity index (χ0n) is 16.6. The predicted molar refractivity (Wildman–Crippen MR) is 116 cm³/mol. The quantitative estimate of drug-likeness (QED) is 0.454. The summed E-state index contributed by atoms with van der Waals surface area (Å²) >= 11 is 5.99. The summed E-state index contributed by atoms with van der Waals surface area (Å²) in [4.78, 5) is 6.47. The number of hydrogen-bond acceptors (Lipinski definition) is 3. The number of benzene rings is 2. The van der Waals surface area contributed by atoms with Gasteiger partial charge in [0.1, 0.15) is 11.9 Å². The van der Waals surface area contributed by atoms with Crippen LogP contribution in [0.2, 0.25) is 5.02 Å². The first-order valence-corrected chi connectivity index (χ1v) is 10.3. The maximum Gasteiger partial charge on any atom is 0.119 e. The van der Waals surface area contributed by atoms with Gasteiger partial charge < -0.3 is 14.2 Å². The molecule has 5 heteroatoms. The molecular weight excluding hydrogens is 370 g/mol. The topological polar surface area (TPSA) is 30.3 Å². The number of aromatic nitrogens is 2. The van der Waals surface area contributed by atoms with E-state index >= 15 is 0 Å². The molecule has 0 aliphatic carbocycles. The number of nitrogens with zero attached hydrogens (tertiary/aromatic N) is 3. The predicted octanol–water partition coefficient (Wildman–Crippen LogP) is 5.46. The molecule has 0 radical (unpaired) electrons. The Morgan fingerprint density at radius 1 is 1.04 bits per heavy atom. The summed E-state index contributed by atoms with van der Waals surface area (Å²) in [5.41, 5.74) is 2.49. The lowest BCUT2D eigenvalue weighted by atomic mass is 10.1. The van der Waals surface area contributed by atoms with Crippen LogP contribution in [0.25, 0.3) is 0 Å². The average Bonchev–Trinajstić information content (AvgIpc) is 3.22. The van der Waals surface area contributed by atoms with E-state index in [1.54, 1.807) is 6.20 Å². The smallest absolute Gasteiger partial charge is 0.119 e. The number of ether oxygens (including phenoxy) is 1. The summed E-state index contributed by atoms with van der Waals surface area (Å²) in [5, 5.41) is 0.767. The zero-order chi connectivity index (χ0) is 19.8. The zero-order valence-corrected chi connectivity index (χ0v) is 17.3. The summed E-state index contributed by atoms with van der Waals surface area (Å²) in [7, 11) is 0. The molecule has 4 nitrogen and oxygen atoms in total. The highest BCUT2D eigenvalue weighted by molar-refractivity contribution is 6.30. The third-order valence-electron chi connectivity index (χ3n) is 4.91. The summed E-state index contributed by atoms with van der Waals surface area (Å²) in [6.07, 6.45) is 7.52. The summed E-state index contributed by atoms with van der Waals surface area (Å²) in [5.74, 6) is 0.900. The molecular formula is C23H28ClN3O. The lowest BCUT2D eigenvalue weighted by molar-refractivity contribution is 0.170. The molecule has 0 spiro atoms. The molecule has 0 aliphatic heterocycles. The Morgan fingerprint density at radius 3 is 2.36 bits per heavy atom. The summed E-state index contributed by atoms with van der Waals surface area (Å²) < 4.78 is 8.41. The fourth-order valence-corrected chi connectivity index (χ4v) is 3.44. The van der Waals surface area contributed by atoms with E-state index in [0.717, 1.165) is 43.2 Å². The monoisotopic (exact) mass is 397 g/mol. The Kier molecular flexibility index (Phi) is 7.38. The molecule has 1 heterocycles. The van der Waals surface area contributed by atoms with Crippen molar-refractivity contribution in [2.75, 3.05) is 18.0 Å². The highest BCUT2D eigenvalue weighted by atomic mass is 35.5. The minimum atomic E-state index is 0.0594. The van der Waals surface area contributed by atoms with Crippen LogP contribution in [0.4, 0.5) is 5.69 Å². The maximum atomic E-state index is 6.34. The molecule has 148 valence electrons. The minimum Gasteiger partial charge on any atom is -0.489 e. The molecule has 0 fully saturated rings. The molecule has 3 rings (SSSR count). The first-order chi connectivity index (χ1) is 13.7. The van der Waals surface area contributed by atoms with Gasteiger partial charge in [-0.3, -0.25) is 0 Å². The van der Waals surface area contributed by atoms with Crippen molar-refractivity contribution < 1.29 is 4.74 Å². The van der Waals surface area contributed by atoms with Gasteiger partial charge in [0.15, 0.2) is 0 Å².